The largest absolute Gasteiger partial charge is 0.497 e. The van der Waals surface area contributed by atoms with Crippen molar-refractivity contribution in [1.29, 1.82) is 0 Å². The Bertz CT molecular complexity index is 845. The van der Waals surface area contributed by atoms with Crippen LogP contribution in [-0.4, -0.2) is 17.1 Å². The number of aromatic amines is 1. The standard InChI is InChI=1S/C19H22F2N2O2/c1-25-13-7-8-15-16(10-13)23-18(24)17(22-15)19(20,21)14-9-12(14)4-2-3-11-5-6-11/h7-8,10-12,14H,2-6,9H2,1H3,(H,23,24). The Hall–Kier alpha value is -1.98. The van der Waals surface area contributed by atoms with Crippen LogP contribution in [0.5, 0.6) is 5.75 Å². The smallest absolute Gasteiger partial charge is 0.298 e. The number of halogens is 2. The second-order valence-corrected chi connectivity index (χ2v) is 7.40. The highest BCUT2D eigenvalue weighted by atomic mass is 19.3. The summed E-state index contributed by atoms with van der Waals surface area (Å²) >= 11 is 0. The molecular formula is C19H22F2N2O2. The third-order valence-electron chi connectivity index (χ3n) is 5.49. The molecule has 2 fully saturated rings. The Kier molecular flexibility index (Phi) is 4.01. The zero-order valence-electron chi connectivity index (χ0n) is 14.2. The molecule has 0 bridgehead atoms. The summed E-state index contributed by atoms with van der Waals surface area (Å²) in [4.78, 5) is 18.7. The van der Waals surface area contributed by atoms with Gasteiger partial charge in [-0.15, -0.1) is 0 Å². The van der Waals surface area contributed by atoms with Gasteiger partial charge in [-0.3, -0.25) is 4.79 Å². The molecule has 25 heavy (non-hydrogen) atoms. The van der Waals surface area contributed by atoms with Crippen LogP contribution in [0.15, 0.2) is 23.0 Å². The van der Waals surface area contributed by atoms with Crippen molar-refractivity contribution in [3.8, 4) is 5.75 Å². The summed E-state index contributed by atoms with van der Waals surface area (Å²) < 4.78 is 34.7. The lowest BCUT2D eigenvalue weighted by molar-refractivity contribution is -0.0396. The molecule has 2 atom stereocenters. The third-order valence-corrected chi connectivity index (χ3v) is 5.49. The first-order valence-electron chi connectivity index (χ1n) is 8.95. The monoisotopic (exact) mass is 348 g/mol. The Labute approximate surface area is 144 Å². The van der Waals surface area contributed by atoms with Crippen molar-refractivity contribution in [3.05, 3.63) is 34.2 Å². The fourth-order valence-electron chi connectivity index (χ4n) is 3.68. The van der Waals surface area contributed by atoms with Crippen LogP contribution in [0, 0.1) is 17.8 Å². The number of alkyl halides is 2. The number of ether oxygens (including phenoxy) is 1. The van der Waals surface area contributed by atoms with E-state index in [1.807, 2.05) is 0 Å². The first kappa shape index (κ1) is 16.5. The molecule has 1 heterocycles. The summed E-state index contributed by atoms with van der Waals surface area (Å²) in [5.74, 6) is -2.54. The second-order valence-electron chi connectivity index (χ2n) is 7.40. The average Bonchev–Trinajstić information content (AvgIpc) is 3.48. The molecule has 0 radical (unpaired) electrons. The van der Waals surface area contributed by atoms with E-state index in [0.717, 1.165) is 25.2 Å². The molecule has 0 amide bonds. The number of aromatic nitrogens is 2. The minimum absolute atomic E-state index is 0.0153. The molecule has 2 aliphatic rings. The number of hydrogen-bond acceptors (Lipinski definition) is 3. The summed E-state index contributed by atoms with van der Waals surface area (Å²) in [7, 11) is 1.51. The van der Waals surface area contributed by atoms with Crippen LogP contribution in [-0.2, 0) is 5.92 Å². The predicted molar refractivity (Wildman–Crippen MR) is 91.0 cm³/mol. The number of methoxy groups -OCH3 is 1. The maximum absolute atomic E-state index is 14.8. The van der Waals surface area contributed by atoms with Gasteiger partial charge in [0.25, 0.3) is 11.5 Å². The van der Waals surface area contributed by atoms with Gasteiger partial charge < -0.3 is 9.72 Å². The molecule has 134 valence electrons. The Morgan fingerprint density at radius 3 is 2.84 bits per heavy atom. The number of hydrogen-bond donors (Lipinski definition) is 1. The topological polar surface area (TPSA) is 55.0 Å². The summed E-state index contributed by atoms with van der Waals surface area (Å²) in [5.41, 5.74) is -0.712. The van der Waals surface area contributed by atoms with Crippen LogP contribution in [0.4, 0.5) is 8.78 Å². The van der Waals surface area contributed by atoms with E-state index in [0.29, 0.717) is 23.2 Å². The van der Waals surface area contributed by atoms with Gasteiger partial charge >= 0.3 is 0 Å². The number of rotatable bonds is 7. The van der Waals surface area contributed by atoms with Crippen molar-refractivity contribution in [2.45, 2.75) is 44.4 Å². The first-order chi connectivity index (χ1) is 12.0. The van der Waals surface area contributed by atoms with E-state index < -0.39 is 23.1 Å². The van der Waals surface area contributed by atoms with Gasteiger partial charge in [-0.05, 0) is 36.8 Å². The van der Waals surface area contributed by atoms with Gasteiger partial charge in [-0.2, -0.15) is 8.78 Å². The van der Waals surface area contributed by atoms with Crippen molar-refractivity contribution >= 4 is 11.0 Å². The van der Waals surface area contributed by atoms with E-state index >= 15 is 0 Å². The minimum atomic E-state index is -3.17. The minimum Gasteiger partial charge on any atom is -0.497 e. The molecule has 0 spiro atoms. The SMILES string of the molecule is COc1ccc2nc(C(F)(F)C3CC3CCCC3CC3)c(=O)[nH]c2c1. The van der Waals surface area contributed by atoms with Crippen molar-refractivity contribution in [2.24, 2.45) is 17.8 Å². The summed E-state index contributed by atoms with van der Waals surface area (Å²) in [6.45, 7) is 0. The highest BCUT2D eigenvalue weighted by Gasteiger charge is 2.57. The second kappa shape index (κ2) is 6.07. The molecule has 2 saturated carbocycles. The number of benzene rings is 1. The van der Waals surface area contributed by atoms with Crippen LogP contribution in [0.2, 0.25) is 0 Å². The van der Waals surface area contributed by atoms with E-state index in [-0.39, 0.29) is 5.92 Å². The summed E-state index contributed by atoms with van der Waals surface area (Å²) in [6, 6.07) is 4.82. The van der Waals surface area contributed by atoms with Crippen molar-refractivity contribution < 1.29 is 13.5 Å². The maximum Gasteiger partial charge on any atom is 0.298 e. The van der Waals surface area contributed by atoms with E-state index in [1.165, 1.54) is 20.0 Å². The summed E-state index contributed by atoms with van der Waals surface area (Å²) in [6.07, 6.45) is 6.09. The van der Waals surface area contributed by atoms with Gasteiger partial charge in [0.2, 0.25) is 0 Å². The highest BCUT2D eigenvalue weighted by Crippen LogP contribution is 2.55. The lowest BCUT2D eigenvalue weighted by atomic mass is 10.0. The van der Waals surface area contributed by atoms with Crippen LogP contribution in [0.25, 0.3) is 11.0 Å². The van der Waals surface area contributed by atoms with E-state index in [4.69, 9.17) is 4.74 Å². The van der Waals surface area contributed by atoms with Crippen LogP contribution in [0.1, 0.15) is 44.2 Å². The lowest BCUT2D eigenvalue weighted by Crippen LogP contribution is -2.29. The van der Waals surface area contributed by atoms with Gasteiger partial charge in [0, 0.05) is 12.0 Å². The lowest BCUT2D eigenvalue weighted by Gasteiger charge is -2.15. The first-order valence-corrected chi connectivity index (χ1v) is 8.95. The fraction of sp³-hybridized carbons (Fsp3) is 0.579. The number of H-pyrrole nitrogens is 1. The molecule has 6 heteroatoms. The van der Waals surface area contributed by atoms with Crippen LogP contribution < -0.4 is 10.3 Å². The molecule has 1 N–H and O–H groups in total. The third kappa shape index (κ3) is 3.26. The molecule has 0 saturated heterocycles. The predicted octanol–water partition coefficient (Wildman–Crippen LogP) is 4.24. The van der Waals surface area contributed by atoms with Crippen molar-refractivity contribution in [1.82, 2.24) is 9.97 Å². The highest BCUT2D eigenvalue weighted by molar-refractivity contribution is 5.75. The number of nitrogens with one attached hydrogen (secondary N) is 1. The van der Waals surface area contributed by atoms with Gasteiger partial charge in [0.05, 0.1) is 18.1 Å². The van der Waals surface area contributed by atoms with Crippen molar-refractivity contribution in [2.75, 3.05) is 7.11 Å². The molecule has 1 aromatic carbocycles. The van der Waals surface area contributed by atoms with Crippen LogP contribution >= 0.6 is 0 Å². The number of nitrogens with zero attached hydrogens (tertiary/aromatic N) is 1. The molecule has 2 aliphatic carbocycles. The zero-order chi connectivity index (χ0) is 17.6. The normalized spacial score (nSPS) is 23.0. The maximum atomic E-state index is 14.8. The molecule has 4 rings (SSSR count). The Balaban J connectivity index is 1.53. The van der Waals surface area contributed by atoms with Gasteiger partial charge in [0.1, 0.15) is 5.75 Å². The molecule has 4 nitrogen and oxygen atoms in total. The summed E-state index contributed by atoms with van der Waals surface area (Å²) in [5, 5.41) is 0. The zero-order valence-corrected chi connectivity index (χ0v) is 14.2. The van der Waals surface area contributed by atoms with Gasteiger partial charge in [0.15, 0.2) is 5.69 Å². The molecular weight excluding hydrogens is 326 g/mol. The molecule has 2 aromatic rings. The molecule has 1 aromatic heterocycles. The van der Waals surface area contributed by atoms with Crippen LogP contribution in [0.3, 0.4) is 0 Å². The van der Waals surface area contributed by atoms with E-state index in [1.54, 1.807) is 18.2 Å². The Morgan fingerprint density at radius 1 is 1.32 bits per heavy atom. The van der Waals surface area contributed by atoms with E-state index in [2.05, 4.69) is 9.97 Å². The van der Waals surface area contributed by atoms with Crippen molar-refractivity contribution in [3.63, 3.8) is 0 Å². The average molecular weight is 348 g/mol. The molecule has 0 aliphatic heterocycles. The fourth-order valence-corrected chi connectivity index (χ4v) is 3.68. The Morgan fingerprint density at radius 2 is 2.12 bits per heavy atom. The number of fused-ring (bicyclic) bond motifs is 1. The van der Waals surface area contributed by atoms with Gasteiger partial charge in [-0.25, -0.2) is 4.98 Å². The van der Waals surface area contributed by atoms with Gasteiger partial charge in [-0.1, -0.05) is 25.7 Å². The quantitative estimate of drug-likeness (QED) is 0.814. The molecule has 2 unspecified atom stereocenters. The van der Waals surface area contributed by atoms with E-state index in [9.17, 15) is 13.6 Å².